The number of carbonyl (C=O) groups excluding carboxylic acids is 1. The van der Waals surface area contributed by atoms with Crippen molar-refractivity contribution in [1.29, 1.82) is 0 Å². The Morgan fingerprint density at radius 1 is 1.62 bits per heavy atom. The van der Waals surface area contributed by atoms with Gasteiger partial charge in [-0.1, -0.05) is 11.6 Å². The van der Waals surface area contributed by atoms with Gasteiger partial charge in [-0.05, 0) is 23.9 Å². The summed E-state index contributed by atoms with van der Waals surface area (Å²) in [5.41, 5.74) is 0. The number of hydrogen-bond acceptors (Lipinski definition) is 3. The molecule has 0 aliphatic carbocycles. The molecule has 1 aromatic heterocycles. The van der Waals surface area contributed by atoms with Crippen LogP contribution in [0.25, 0.3) is 0 Å². The lowest BCUT2D eigenvalue weighted by atomic mass is 10.5. The molecule has 70 valence electrons. The molecule has 1 rings (SSSR count). The number of amides is 1. The van der Waals surface area contributed by atoms with Gasteiger partial charge in [-0.2, -0.15) is 0 Å². The van der Waals surface area contributed by atoms with Gasteiger partial charge in [0.2, 0.25) is 0 Å². The fourth-order valence-electron chi connectivity index (χ4n) is 0.633. The molecule has 13 heavy (non-hydrogen) atoms. The maximum atomic E-state index is 11.3. The number of nitrogens with zero attached hydrogens (tertiary/aromatic N) is 2. The molecule has 1 heterocycles. The van der Waals surface area contributed by atoms with Gasteiger partial charge in [0.25, 0.3) is 5.24 Å². The van der Waals surface area contributed by atoms with Crippen molar-refractivity contribution in [3.05, 3.63) is 23.5 Å². The first-order valence-electron chi connectivity index (χ1n) is 3.61. The van der Waals surface area contributed by atoms with Crippen LogP contribution in [0.15, 0.2) is 23.2 Å². The number of thioether (sulfide) groups is 1. The first-order valence-corrected chi connectivity index (χ1v) is 4.80. The second-order valence-corrected chi connectivity index (χ2v) is 3.91. The Bertz CT molecular complexity index is 317. The van der Waals surface area contributed by atoms with E-state index in [2.05, 4.69) is 4.98 Å². The summed E-state index contributed by atoms with van der Waals surface area (Å²) >= 11 is 6.84. The van der Waals surface area contributed by atoms with E-state index < -0.39 is 0 Å². The standard InChI is InChI=1S/C8H9ClN2OS/c1-11(2)8(12)13-6-4-3-5-10-7(6)9/h3-5H,1-2H3. The zero-order valence-corrected chi connectivity index (χ0v) is 8.89. The lowest BCUT2D eigenvalue weighted by molar-refractivity contribution is 0.241. The quantitative estimate of drug-likeness (QED) is 0.534. The Labute approximate surface area is 86.1 Å². The lowest BCUT2D eigenvalue weighted by Crippen LogP contribution is -2.16. The molecule has 0 spiro atoms. The van der Waals surface area contributed by atoms with Gasteiger partial charge in [0, 0.05) is 20.3 Å². The maximum absolute atomic E-state index is 11.3. The molecule has 1 aromatic rings. The van der Waals surface area contributed by atoms with Crippen LogP contribution in [0.5, 0.6) is 0 Å². The van der Waals surface area contributed by atoms with Gasteiger partial charge in [0.1, 0.15) is 5.15 Å². The molecule has 0 saturated carbocycles. The molecular formula is C8H9ClN2OS. The van der Waals surface area contributed by atoms with Gasteiger partial charge in [0.15, 0.2) is 0 Å². The third-order valence-electron chi connectivity index (χ3n) is 1.29. The largest absolute Gasteiger partial charge is 0.339 e. The molecule has 1 amide bonds. The van der Waals surface area contributed by atoms with Crippen LogP contribution in [0.4, 0.5) is 4.79 Å². The zero-order valence-electron chi connectivity index (χ0n) is 7.32. The summed E-state index contributed by atoms with van der Waals surface area (Å²) in [6.45, 7) is 0. The van der Waals surface area contributed by atoms with Gasteiger partial charge in [-0.15, -0.1) is 0 Å². The number of rotatable bonds is 1. The summed E-state index contributed by atoms with van der Waals surface area (Å²) < 4.78 is 0. The summed E-state index contributed by atoms with van der Waals surface area (Å²) in [5, 5.41) is 0.303. The summed E-state index contributed by atoms with van der Waals surface area (Å²) in [6, 6.07) is 3.51. The van der Waals surface area contributed by atoms with Crippen LogP contribution >= 0.6 is 23.4 Å². The minimum Gasteiger partial charge on any atom is -0.339 e. The topological polar surface area (TPSA) is 33.2 Å². The lowest BCUT2D eigenvalue weighted by Gasteiger charge is -2.08. The number of aromatic nitrogens is 1. The number of halogens is 1. The van der Waals surface area contributed by atoms with E-state index in [0.29, 0.717) is 10.0 Å². The molecule has 3 nitrogen and oxygen atoms in total. The highest BCUT2D eigenvalue weighted by Crippen LogP contribution is 2.26. The zero-order chi connectivity index (χ0) is 9.84. The smallest absolute Gasteiger partial charge is 0.286 e. The number of pyridine rings is 1. The Balaban J connectivity index is 2.75. The third-order valence-corrected chi connectivity index (χ3v) is 2.79. The molecule has 0 aliphatic rings. The third kappa shape index (κ3) is 2.90. The monoisotopic (exact) mass is 216 g/mol. The van der Waals surface area contributed by atoms with E-state index in [9.17, 15) is 4.79 Å². The van der Waals surface area contributed by atoms with Gasteiger partial charge >= 0.3 is 0 Å². The van der Waals surface area contributed by atoms with Crippen molar-refractivity contribution in [3.63, 3.8) is 0 Å². The number of carbonyl (C=O) groups is 1. The maximum Gasteiger partial charge on any atom is 0.286 e. The second kappa shape index (κ2) is 4.48. The van der Waals surface area contributed by atoms with Crippen LogP contribution < -0.4 is 0 Å². The fourth-order valence-corrected chi connectivity index (χ4v) is 1.52. The molecule has 0 saturated heterocycles. The van der Waals surface area contributed by atoms with E-state index in [0.717, 1.165) is 11.8 Å². The van der Waals surface area contributed by atoms with Crippen LogP contribution in [-0.2, 0) is 0 Å². The first-order chi connectivity index (χ1) is 6.11. The SMILES string of the molecule is CN(C)C(=O)Sc1cccnc1Cl. The summed E-state index contributed by atoms with van der Waals surface area (Å²) in [7, 11) is 3.39. The first kappa shape index (κ1) is 10.3. The van der Waals surface area contributed by atoms with Crippen molar-refractivity contribution >= 4 is 28.6 Å². The van der Waals surface area contributed by atoms with Gasteiger partial charge < -0.3 is 4.90 Å². The molecule has 0 bridgehead atoms. The molecule has 0 N–H and O–H groups in total. The van der Waals surface area contributed by atoms with Gasteiger partial charge in [-0.25, -0.2) is 4.98 Å². The van der Waals surface area contributed by atoms with E-state index in [4.69, 9.17) is 11.6 Å². The molecule has 0 aromatic carbocycles. The van der Waals surface area contributed by atoms with Crippen molar-refractivity contribution in [3.8, 4) is 0 Å². The Hall–Kier alpha value is -0.740. The minimum atomic E-state index is -0.0603. The predicted molar refractivity (Wildman–Crippen MR) is 54.2 cm³/mol. The van der Waals surface area contributed by atoms with Crippen LogP contribution in [0.1, 0.15) is 0 Å². The van der Waals surface area contributed by atoms with Gasteiger partial charge in [0.05, 0.1) is 4.90 Å². The Morgan fingerprint density at radius 3 is 2.85 bits per heavy atom. The van der Waals surface area contributed by atoms with E-state index in [1.54, 1.807) is 32.4 Å². The highest BCUT2D eigenvalue weighted by Gasteiger charge is 2.09. The average Bonchev–Trinajstić information content (AvgIpc) is 2.08. The fraction of sp³-hybridized carbons (Fsp3) is 0.250. The summed E-state index contributed by atoms with van der Waals surface area (Å²) in [4.78, 5) is 17.3. The van der Waals surface area contributed by atoms with Gasteiger partial charge in [-0.3, -0.25) is 4.79 Å². The molecule has 0 aliphatic heterocycles. The van der Waals surface area contributed by atoms with Crippen molar-refractivity contribution in [2.45, 2.75) is 4.90 Å². The van der Waals surface area contributed by atoms with Crippen molar-refractivity contribution in [1.82, 2.24) is 9.88 Å². The second-order valence-electron chi connectivity index (χ2n) is 2.55. The van der Waals surface area contributed by atoms with Crippen molar-refractivity contribution in [2.75, 3.05) is 14.1 Å². The molecular weight excluding hydrogens is 208 g/mol. The molecule has 5 heteroatoms. The Morgan fingerprint density at radius 2 is 2.31 bits per heavy atom. The van der Waals surface area contributed by atoms with Crippen molar-refractivity contribution < 1.29 is 4.79 Å². The van der Waals surface area contributed by atoms with E-state index in [-0.39, 0.29) is 5.24 Å². The van der Waals surface area contributed by atoms with Crippen LogP contribution in [0, 0.1) is 0 Å². The minimum absolute atomic E-state index is 0.0603. The van der Waals surface area contributed by atoms with E-state index in [1.807, 2.05) is 0 Å². The number of hydrogen-bond donors (Lipinski definition) is 0. The van der Waals surface area contributed by atoms with Crippen molar-refractivity contribution in [2.24, 2.45) is 0 Å². The highest BCUT2D eigenvalue weighted by atomic mass is 35.5. The predicted octanol–water partition coefficient (Wildman–Crippen LogP) is 2.51. The summed E-state index contributed by atoms with van der Waals surface area (Å²) in [6.07, 6.45) is 1.59. The van der Waals surface area contributed by atoms with Crippen LogP contribution in [0.3, 0.4) is 0 Å². The summed E-state index contributed by atoms with van der Waals surface area (Å²) in [5.74, 6) is 0. The molecule has 0 atom stereocenters. The van der Waals surface area contributed by atoms with E-state index >= 15 is 0 Å². The van der Waals surface area contributed by atoms with Crippen LogP contribution in [-0.4, -0.2) is 29.2 Å². The normalized spacial score (nSPS) is 9.77. The average molecular weight is 217 g/mol. The van der Waals surface area contributed by atoms with Crippen LogP contribution in [0.2, 0.25) is 5.15 Å². The molecule has 0 unspecified atom stereocenters. The molecule has 0 radical (unpaired) electrons. The van der Waals surface area contributed by atoms with E-state index in [1.165, 1.54) is 4.90 Å². The molecule has 0 fully saturated rings. The highest BCUT2D eigenvalue weighted by molar-refractivity contribution is 8.13. The Kier molecular flexibility index (Phi) is 3.57.